The van der Waals surface area contributed by atoms with Gasteiger partial charge >= 0.3 is 0 Å². The minimum absolute atomic E-state index is 0.0193. The third kappa shape index (κ3) is 3.18. The maximum atomic E-state index is 12.9. The Kier molecular flexibility index (Phi) is 4.90. The highest BCUT2D eigenvalue weighted by Gasteiger charge is 2.49. The summed E-state index contributed by atoms with van der Waals surface area (Å²) in [6.45, 7) is 2.23. The summed E-state index contributed by atoms with van der Waals surface area (Å²) in [6.07, 6.45) is 4.50. The second kappa shape index (κ2) is 6.93. The third-order valence-corrected chi connectivity index (χ3v) is 5.52. The Hall–Kier alpha value is -1.88. The minimum Gasteiger partial charge on any atom is -0.351 e. The fourth-order valence-electron chi connectivity index (χ4n) is 4.12. The SMILES string of the molecule is CN(C)C(=O)c1cccc(CNC(=O)[C@@]23CCCC[C@H]2CNC3)c1. The summed E-state index contributed by atoms with van der Waals surface area (Å²) in [4.78, 5) is 26.5. The van der Waals surface area contributed by atoms with E-state index in [1.807, 2.05) is 24.3 Å². The van der Waals surface area contributed by atoms with Gasteiger partial charge in [0.15, 0.2) is 0 Å². The van der Waals surface area contributed by atoms with Crippen molar-refractivity contribution in [2.24, 2.45) is 11.3 Å². The minimum atomic E-state index is -0.227. The number of fused-ring (bicyclic) bond motifs is 1. The van der Waals surface area contributed by atoms with Crippen molar-refractivity contribution < 1.29 is 9.59 Å². The molecule has 1 saturated heterocycles. The lowest BCUT2D eigenvalue weighted by atomic mass is 9.67. The molecule has 1 heterocycles. The van der Waals surface area contributed by atoms with Gasteiger partial charge in [-0.2, -0.15) is 0 Å². The summed E-state index contributed by atoms with van der Waals surface area (Å²) in [5.41, 5.74) is 1.39. The first kappa shape index (κ1) is 17.0. The standard InChI is InChI=1S/C19H27N3O2/c1-22(2)17(23)15-7-5-6-14(10-15)11-21-18(24)19-9-4-3-8-16(19)12-20-13-19/h5-7,10,16,20H,3-4,8-9,11-13H2,1-2H3,(H,21,24)/t16-,19+/m0/s1. The molecule has 5 nitrogen and oxygen atoms in total. The Labute approximate surface area is 143 Å². The smallest absolute Gasteiger partial charge is 0.253 e. The average Bonchev–Trinajstić information content (AvgIpc) is 3.04. The highest BCUT2D eigenvalue weighted by atomic mass is 16.2. The molecule has 1 saturated carbocycles. The Bertz CT molecular complexity index is 629. The number of nitrogens with zero attached hydrogens (tertiary/aromatic N) is 1. The fourth-order valence-corrected chi connectivity index (χ4v) is 4.12. The summed E-state index contributed by atoms with van der Waals surface area (Å²) in [5, 5.41) is 6.53. The van der Waals surface area contributed by atoms with Crippen LogP contribution in [0.4, 0.5) is 0 Å². The second-order valence-corrected chi connectivity index (χ2v) is 7.31. The molecule has 1 aliphatic carbocycles. The van der Waals surface area contributed by atoms with Gasteiger partial charge in [0.2, 0.25) is 5.91 Å². The number of carbonyl (C=O) groups excluding carboxylic acids is 2. The zero-order valence-electron chi connectivity index (χ0n) is 14.6. The van der Waals surface area contributed by atoms with Gasteiger partial charge in [0.25, 0.3) is 5.91 Å². The van der Waals surface area contributed by atoms with Crippen LogP contribution in [0, 0.1) is 11.3 Å². The normalized spacial score (nSPS) is 25.8. The van der Waals surface area contributed by atoms with Gasteiger partial charge < -0.3 is 15.5 Å². The largest absolute Gasteiger partial charge is 0.351 e. The van der Waals surface area contributed by atoms with E-state index in [1.165, 1.54) is 6.42 Å². The molecular formula is C19H27N3O2. The van der Waals surface area contributed by atoms with Crippen LogP contribution in [0.2, 0.25) is 0 Å². The number of nitrogens with one attached hydrogen (secondary N) is 2. The Morgan fingerprint density at radius 3 is 2.96 bits per heavy atom. The van der Waals surface area contributed by atoms with Gasteiger partial charge in [-0.15, -0.1) is 0 Å². The first-order valence-corrected chi connectivity index (χ1v) is 8.82. The maximum Gasteiger partial charge on any atom is 0.253 e. The van der Waals surface area contributed by atoms with E-state index in [0.717, 1.165) is 37.9 Å². The molecule has 1 aliphatic heterocycles. The Balaban J connectivity index is 1.66. The molecule has 2 N–H and O–H groups in total. The number of amides is 2. The van der Waals surface area contributed by atoms with Crippen molar-refractivity contribution in [3.05, 3.63) is 35.4 Å². The van der Waals surface area contributed by atoms with Crippen molar-refractivity contribution in [3.63, 3.8) is 0 Å². The lowest BCUT2D eigenvalue weighted by Gasteiger charge is -2.37. The van der Waals surface area contributed by atoms with Crippen LogP contribution < -0.4 is 10.6 Å². The average molecular weight is 329 g/mol. The molecule has 0 unspecified atom stereocenters. The van der Waals surface area contributed by atoms with Crippen LogP contribution >= 0.6 is 0 Å². The van der Waals surface area contributed by atoms with Gasteiger partial charge in [0.05, 0.1) is 5.41 Å². The molecule has 0 radical (unpaired) electrons. The molecule has 1 aromatic rings. The van der Waals surface area contributed by atoms with E-state index in [0.29, 0.717) is 18.0 Å². The number of carbonyl (C=O) groups is 2. The third-order valence-electron chi connectivity index (χ3n) is 5.52. The summed E-state index contributed by atoms with van der Waals surface area (Å²) in [7, 11) is 3.48. The van der Waals surface area contributed by atoms with Crippen LogP contribution in [0.1, 0.15) is 41.6 Å². The van der Waals surface area contributed by atoms with E-state index in [1.54, 1.807) is 19.0 Å². The molecule has 130 valence electrons. The molecule has 0 spiro atoms. The van der Waals surface area contributed by atoms with Crippen LogP contribution in [0.25, 0.3) is 0 Å². The molecule has 24 heavy (non-hydrogen) atoms. The molecule has 2 amide bonds. The van der Waals surface area contributed by atoms with Crippen molar-refractivity contribution in [3.8, 4) is 0 Å². The van der Waals surface area contributed by atoms with E-state index < -0.39 is 0 Å². The molecular weight excluding hydrogens is 302 g/mol. The van der Waals surface area contributed by atoms with Gasteiger partial charge in [-0.3, -0.25) is 9.59 Å². The van der Waals surface area contributed by atoms with Crippen molar-refractivity contribution >= 4 is 11.8 Å². The van der Waals surface area contributed by atoms with E-state index >= 15 is 0 Å². The fraction of sp³-hybridized carbons (Fsp3) is 0.579. The predicted molar refractivity (Wildman–Crippen MR) is 93.6 cm³/mol. The van der Waals surface area contributed by atoms with E-state index in [4.69, 9.17) is 0 Å². The van der Waals surface area contributed by atoms with Crippen LogP contribution in [0.3, 0.4) is 0 Å². The van der Waals surface area contributed by atoms with Crippen molar-refractivity contribution in [2.75, 3.05) is 27.2 Å². The van der Waals surface area contributed by atoms with Crippen LogP contribution in [-0.4, -0.2) is 43.9 Å². The maximum absolute atomic E-state index is 12.9. The zero-order valence-corrected chi connectivity index (χ0v) is 14.6. The summed E-state index contributed by atoms with van der Waals surface area (Å²) >= 11 is 0. The summed E-state index contributed by atoms with van der Waals surface area (Å²) < 4.78 is 0. The van der Waals surface area contributed by atoms with E-state index in [-0.39, 0.29) is 17.2 Å². The second-order valence-electron chi connectivity index (χ2n) is 7.31. The van der Waals surface area contributed by atoms with Crippen molar-refractivity contribution in [1.29, 1.82) is 0 Å². The Morgan fingerprint density at radius 2 is 2.17 bits per heavy atom. The van der Waals surface area contributed by atoms with Crippen molar-refractivity contribution in [1.82, 2.24) is 15.5 Å². The first-order chi connectivity index (χ1) is 11.5. The molecule has 3 rings (SSSR count). The van der Waals surface area contributed by atoms with E-state index in [2.05, 4.69) is 10.6 Å². The molecule has 0 bridgehead atoms. The predicted octanol–water partition coefficient (Wildman–Crippen LogP) is 1.78. The Morgan fingerprint density at radius 1 is 1.33 bits per heavy atom. The molecule has 2 fully saturated rings. The van der Waals surface area contributed by atoms with Gasteiger partial charge in [-0.1, -0.05) is 25.0 Å². The topological polar surface area (TPSA) is 61.4 Å². The van der Waals surface area contributed by atoms with Gasteiger partial charge in [0, 0.05) is 32.7 Å². The van der Waals surface area contributed by atoms with Crippen LogP contribution in [-0.2, 0) is 11.3 Å². The molecule has 0 aromatic heterocycles. The number of hydrogen-bond acceptors (Lipinski definition) is 3. The summed E-state index contributed by atoms with van der Waals surface area (Å²) in [5.74, 6) is 0.614. The van der Waals surface area contributed by atoms with Crippen LogP contribution in [0.5, 0.6) is 0 Å². The zero-order chi connectivity index (χ0) is 17.2. The quantitative estimate of drug-likeness (QED) is 0.885. The number of hydrogen-bond donors (Lipinski definition) is 2. The summed E-state index contributed by atoms with van der Waals surface area (Å²) in [6, 6.07) is 7.50. The monoisotopic (exact) mass is 329 g/mol. The highest BCUT2D eigenvalue weighted by Crippen LogP contribution is 2.43. The van der Waals surface area contributed by atoms with Gasteiger partial charge in [0.1, 0.15) is 0 Å². The van der Waals surface area contributed by atoms with Crippen LogP contribution in [0.15, 0.2) is 24.3 Å². The van der Waals surface area contributed by atoms with E-state index in [9.17, 15) is 9.59 Å². The highest BCUT2D eigenvalue weighted by molar-refractivity contribution is 5.94. The molecule has 1 aromatic carbocycles. The lowest BCUT2D eigenvalue weighted by Crippen LogP contribution is -2.47. The molecule has 2 atom stereocenters. The first-order valence-electron chi connectivity index (χ1n) is 8.82. The molecule has 5 heteroatoms. The van der Waals surface area contributed by atoms with Crippen molar-refractivity contribution in [2.45, 2.75) is 32.2 Å². The van der Waals surface area contributed by atoms with Gasteiger partial charge in [-0.05, 0) is 43.0 Å². The van der Waals surface area contributed by atoms with Gasteiger partial charge in [-0.25, -0.2) is 0 Å². The molecule has 2 aliphatic rings. The number of benzene rings is 1. The number of rotatable bonds is 4. The lowest BCUT2D eigenvalue weighted by molar-refractivity contribution is -0.134.